The number of amides is 3. The first-order chi connectivity index (χ1) is 6.82. The molecule has 1 rings (SSSR count). The summed E-state index contributed by atoms with van der Waals surface area (Å²) >= 11 is 0. The molecule has 0 saturated carbocycles. The predicted octanol–water partition coefficient (Wildman–Crippen LogP) is -1.96. The highest BCUT2D eigenvalue weighted by molar-refractivity contribution is 8.13. The topological polar surface area (TPSA) is 121 Å². The molecule has 1 radical (unpaired) electrons. The second kappa shape index (κ2) is 3.73. The summed E-state index contributed by atoms with van der Waals surface area (Å²) in [5.41, 5.74) is 0. The minimum atomic E-state index is -4.36. The molecule has 15 heavy (non-hydrogen) atoms. The lowest BCUT2D eigenvalue weighted by Gasteiger charge is -2.11. The summed E-state index contributed by atoms with van der Waals surface area (Å²) in [5.74, 6) is -1.70. The van der Waals surface area contributed by atoms with Crippen LogP contribution in [0.15, 0.2) is 12.2 Å². The molecule has 1 aliphatic heterocycles. The largest absolute Gasteiger partial charge is 0.464 e. The molecule has 0 aromatic heterocycles. The van der Waals surface area contributed by atoms with Gasteiger partial charge < -0.3 is 9.92 Å². The molecule has 0 atom stereocenters. The van der Waals surface area contributed by atoms with Gasteiger partial charge in [0.1, 0.15) is 0 Å². The Morgan fingerprint density at radius 3 is 2.20 bits per heavy atom. The highest BCUT2D eigenvalue weighted by Gasteiger charge is 2.32. The van der Waals surface area contributed by atoms with Gasteiger partial charge in [0, 0.05) is 12.2 Å². The molecule has 0 aromatic carbocycles. The maximum absolute atomic E-state index is 11.0. The van der Waals surface area contributed by atoms with Gasteiger partial charge in [-0.15, -0.1) is 0 Å². The van der Waals surface area contributed by atoms with E-state index < -0.39 is 27.8 Å². The number of carbonyl (C=O) groups is 3. The molecule has 0 saturated heterocycles. The van der Waals surface area contributed by atoms with Crippen molar-refractivity contribution in [2.45, 2.75) is 0 Å². The van der Waals surface area contributed by atoms with Crippen LogP contribution >= 0.6 is 0 Å². The summed E-state index contributed by atoms with van der Waals surface area (Å²) in [4.78, 5) is 32.1. The van der Waals surface area contributed by atoms with Gasteiger partial charge in [0.25, 0.3) is 0 Å². The minimum absolute atomic E-state index is 0.214. The van der Waals surface area contributed by atoms with E-state index in [0.29, 0.717) is 0 Å². The Morgan fingerprint density at radius 2 is 1.80 bits per heavy atom. The Hall–Kier alpha value is -1.84. The van der Waals surface area contributed by atoms with E-state index in [4.69, 9.17) is 5.11 Å². The Kier molecular flexibility index (Phi) is 2.79. The van der Waals surface area contributed by atoms with Gasteiger partial charge in [0.2, 0.25) is 21.7 Å². The highest BCUT2D eigenvalue weighted by atomic mass is 32.2. The molecule has 0 fully saturated rings. The van der Waals surface area contributed by atoms with Crippen LogP contribution in [-0.2, 0) is 19.5 Å². The number of carboxylic acid groups (broad SMARTS) is 1. The van der Waals surface area contributed by atoms with E-state index in [1.54, 1.807) is 0 Å². The lowest BCUT2D eigenvalue weighted by Crippen LogP contribution is -2.44. The van der Waals surface area contributed by atoms with Crippen LogP contribution < -0.4 is 4.72 Å². The normalized spacial score (nSPS) is 15.6. The second-order valence-electron chi connectivity index (χ2n) is 2.44. The maximum Gasteiger partial charge on any atom is 0.450 e. The quantitative estimate of drug-likeness (QED) is 0.429. The lowest BCUT2D eigenvalue weighted by molar-refractivity contribution is -0.131. The number of nitrogens with zero attached hydrogens (tertiary/aromatic N) is 1. The third-order valence-corrected chi connectivity index (χ3v) is 2.26. The molecule has 1 heterocycles. The predicted molar refractivity (Wildman–Crippen MR) is 46.8 cm³/mol. The van der Waals surface area contributed by atoms with Gasteiger partial charge in [-0.3, -0.25) is 9.59 Å². The fourth-order valence-electron chi connectivity index (χ4n) is 0.802. The van der Waals surface area contributed by atoms with E-state index in [0.717, 1.165) is 16.9 Å². The zero-order valence-corrected chi connectivity index (χ0v) is 7.89. The zero-order chi connectivity index (χ0) is 11.6. The molecule has 8 nitrogen and oxygen atoms in total. The van der Waals surface area contributed by atoms with Crippen LogP contribution in [0.3, 0.4) is 0 Å². The van der Waals surface area contributed by atoms with Gasteiger partial charge in [-0.2, -0.15) is 0 Å². The van der Waals surface area contributed by atoms with Gasteiger partial charge >= 0.3 is 12.8 Å². The molecule has 0 aliphatic carbocycles. The number of imide groups is 1. The van der Waals surface area contributed by atoms with Crippen molar-refractivity contribution in [1.82, 2.24) is 9.53 Å². The van der Waals surface area contributed by atoms with Crippen LogP contribution in [0.5, 0.6) is 0 Å². The number of rotatable bonds is 3. The first-order valence-electron chi connectivity index (χ1n) is 3.48. The second-order valence-corrected chi connectivity index (χ2v) is 3.94. The fraction of sp³-hybridized carbons (Fsp3) is 0. The molecular weight excluding hydrogens is 227 g/mol. The minimum Gasteiger partial charge on any atom is -0.464 e. The Morgan fingerprint density at radius 1 is 1.33 bits per heavy atom. The lowest BCUT2D eigenvalue weighted by atomic mass is 10.3. The zero-order valence-electron chi connectivity index (χ0n) is 7.08. The van der Waals surface area contributed by atoms with Crippen molar-refractivity contribution >= 4 is 34.5 Å². The molecule has 3 amide bonds. The molecule has 2 N–H and O–H groups in total. The first kappa shape index (κ1) is 11.2. The van der Waals surface area contributed by atoms with Gasteiger partial charge in [0.05, 0.1) is 0 Å². The van der Waals surface area contributed by atoms with Crippen molar-refractivity contribution in [1.29, 1.82) is 0 Å². The molecule has 0 spiro atoms. The van der Waals surface area contributed by atoms with Crippen molar-refractivity contribution in [3.63, 3.8) is 0 Å². The fourth-order valence-corrected chi connectivity index (χ4v) is 1.58. The smallest absolute Gasteiger partial charge is 0.450 e. The molecule has 10 heteroatoms. The van der Waals surface area contributed by atoms with Crippen LogP contribution in [-0.4, -0.2) is 42.9 Å². The van der Waals surface area contributed by atoms with E-state index in [-0.39, 0.29) is 11.5 Å². The number of hydrogen-bond acceptors (Lipinski definition) is 5. The van der Waals surface area contributed by atoms with Crippen molar-refractivity contribution in [3.05, 3.63) is 12.2 Å². The van der Waals surface area contributed by atoms with Gasteiger partial charge in [-0.05, 0) is 0 Å². The van der Waals surface area contributed by atoms with Gasteiger partial charge in [-0.1, -0.05) is 0 Å². The van der Waals surface area contributed by atoms with Crippen molar-refractivity contribution in [2.75, 3.05) is 0 Å². The Balaban J connectivity index is 2.75. The van der Waals surface area contributed by atoms with E-state index in [2.05, 4.69) is 0 Å². The van der Waals surface area contributed by atoms with Gasteiger partial charge in [0.15, 0.2) is 0 Å². The van der Waals surface area contributed by atoms with Crippen molar-refractivity contribution in [2.24, 2.45) is 0 Å². The highest BCUT2D eigenvalue weighted by Crippen LogP contribution is 2.02. The SMILES string of the molecule is O=C(O)NS(=O)(=O)[B]N1C(=O)C=CC1=O. The monoisotopic (exact) mass is 231 g/mol. The summed E-state index contributed by atoms with van der Waals surface area (Å²) in [5, 5.41) is 8.14. The molecule has 0 aromatic rings. The van der Waals surface area contributed by atoms with E-state index in [1.165, 1.54) is 0 Å². The average molecular weight is 231 g/mol. The van der Waals surface area contributed by atoms with E-state index in [9.17, 15) is 22.8 Å². The molecule has 79 valence electrons. The summed E-state index contributed by atoms with van der Waals surface area (Å²) in [6, 6.07) is 0. The summed E-state index contributed by atoms with van der Waals surface area (Å²) in [6.07, 6.45) is -0.0668. The Labute approximate surface area is 84.8 Å². The maximum atomic E-state index is 11.0. The summed E-state index contributed by atoms with van der Waals surface area (Å²) in [7, 11) is -4.36. The van der Waals surface area contributed by atoms with Crippen LogP contribution in [0.2, 0.25) is 0 Å². The third-order valence-electron chi connectivity index (χ3n) is 1.32. The number of hydrogen-bond donors (Lipinski definition) is 2. The van der Waals surface area contributed by atoms with Crippen molar-refractivity contribution in [3.8, 4) is 0 Å². The third kappa shape index (κ3) is 2.81. The molecule has 0 unspecified atom stereocenters. The van der Waals surface area contributed by atoms with Crippen LogP contribution in [0, 0.1) is 0 Å². The number of nitrogens with one attached hydrogen (secondary N) is 1. The van der Waals surface area contributed by atoms with Crippen LogP contribution in [0.25, 0.3) is 0 Å². The Bertz CT molecular complexity index is 436. The summed E-state index contributed by atoms with van der Waals surface area (Å²) in [6.45, 7) is 0.214. The van der Waals surface area contributed by atoms with Crippen LogP contribution in [0.4, 0.5) is 4.79 Å². The van der Waals surface area contributed by atoms with E-state index in [1.807, 2.05) is 0 Å². The standard InChI is InChI=1S/C5H4BN2O6S/c9-3-1-2-4(10)8(3)6-15(13,14)7-5(11)12/h1-2,7H,(H,11,12). The first-order valence-corrected chi connectivity index (χ1v) is 5.02. The summed E-state index contributed by atoms with van der Waals surface area (Å²) < 4.78 is 23.1. The molecule has 1 aliphatic rings. The molecular formula is C5H4BN2O6S. The molecule has 0 bridgehead atoms. The average Bonchev–Trinajstić information content (AvgIpc) is 2.33. The van der Waals surface area contributed by atoms with E-state index >= 15 is 0 Å². The number of carbonyl (C=O) groups excluding carboxylic acids is 2. The van der Waals surface area contributed by atoms with Crippen LogP contribution in [0.1, 0.15) is 0 Å². The van der Waals surface area contributed by atoms with Gasteiger partial charge in [-0.25, -0.2) is 17.9 Å². The van der Waals surface area contributed by atoms with Crippen molar-refractivity contribution < 1.29 is 27.9 Å².